The molecule has 0 spiro atoms. The number of sulfonamides is 1. The van der Waals surface area contributed by atoms with Crippen LogP contribution in [0.25, 0.3) is 0 Å². The van der Waals surface area contributed by atoms with Crippen molar-refractivity contribution in [2.75, 3.05) is 18.1 Å². The molecule has 0 aliphatic carbocycles. The van der Waals surface area contributed by atoms with E-state index in [9.17, 15) is 26.4 Å². The predicted molar refractivity (Wildman–Crippen MR) is 89.1 cm³/mol. The van der Waals surface area contributed by atoms with Crippen molar-refractivity contribution in [3.05, 3.63) is 59.7 Å². The minimum Gasteiger partial charge on any atom is -0.323 e. The maximum Gasteiger partial charge on any atom is 0.225 e. The summed E-state index contributed by atoms with van der Waals surface area (Å²) < 4.78 is 64.4. The van der Waals surface area contributed by atoms with Crippen LogP contribution in [-0.2, 0) is 21.4 Å². The molecule has 0 aliphatic heterocycles. The first-order valence-corrected chi connectivity index (χ1v) is 9.30. The summed E-state index contributed by atoms with van der Waals surface area (Å²) in [6.45, 7) is -0.132. The van der Waals surface area contributed by atoms with Gasteiger partial charge in [-0.2, -0.15) is 4.31 Å². The van der Waals surface area contributed by atoms with E-state index in [1.807, 2.05) is 0 Å². The number of aromatic nitrogens is 1. The van der Waals surface area contributed by atoms with E-state index in [1.54, 1.807) is 12.1 Å². The fraction of sp³-hybridized carbons (Fsp3) is 0.250. The van der Waals surface area contributed by atoms with Gasteiger partial charge in [-0.3, -0.25) is 9.78 Å². The lowest BCUT2D eigenvalue weighted by Crippen LogP contribution is -2.32. The van der Waals surface area contributed by atoms with Gasteiger partial charge >= 0.3 is 0 Å². The maximum atomic E-state index is 13.6. The first kappa shape index (κ1) is 19.9. The molecule has 1 heterocycles. The second-order valence-corrected chi connectivity index (χ2v) is 7.46. The number of carbonyl (C=O) groups is 1. The average Bonchev–Trinajstić information content (AvgIpc) is 2.59. The summed E-state index contributed by atoms with van der Waals surface area (Å²) in [5, 5.41) is 2.10. The number of nitrogens with zero attached hydrogens (tertiary/aromatic N) is 2. The van der Waals surface area contributed by atoms with Crippen LogP contribution in [0.4, 0.5) is 18.9 Å². The number of hydrogen-bond donors (Lipinski definition) is 1. The molecule has 0 saturated carbocycles. The zero-order valence-corrected chi connectivity index (χ0v) is 14.6. The van der Waals surface area contributed by atoms with E-state index in [1.165, 1.54) is 12.4 Å². The molecule has 0 bridgehead atoms. The highest BCUT2D eigenvalue weighted by molar-refractivity contribution is 7.88. The molecule has 140 valence electrons. The fourth-order valence-electron chi connectivity index (χ4n) is 2.12. The lowest BCUT2D eigenvalue weighted by Gasteiger charge is -2.19. The summed E-state index contributed by atoms with van der Waals surface area (Å²) in [5.74, 6) is -5.33. The van der Waals surface area contributed by atoms with Gasteiger partial charge in [-0.05, 0) is 29.8 Å². The molecule has 26 heavy (non-hydrogen) atoms. The number of rotatable bonds is 7. The predicted octanol–water partition coefficient (Wildman–Crippen LogP) is 2.29. The number of halogens is 3. The Morgan fingerprint density at radius 1 is 1.12 bits per heavy atom. The van der Waals surface area contributed by atoms with Gasteiger partial charge in [0.1, 0.15) is 0 Å². The van der Waals surface area contributed by atoms with Gasteiger partial charge in [0.2, 0.25) is 15.9 Å². The number of anilines is 1. The summed E-state index contributed by atoms with van der Waals surface area (Å²) in [7, 11) is -3.60. The minimum atomic E-state index is -3.60. The molecule has 0 saturated heterocycles. The first-order chi connectivity index (χ1) is 12.2. The quantitative estimate of drug-likeness (QED) is 0.740. The van der Waals surface area contributed by atoms with E-state index in [0.29, 0.717) is 11.6 Å². The summed E-state index contributed by atoms with van der Waals surface area (Å²) in [4.78, 5) is 15.8. The Kier molecular flexibility index (Phi) is 6.32. The van der Waals surface area contributed by atoms with Gasteiger partial charge in [-0.15, -0.1) is 0 Å². The van der Waals surface area contributed by atoms with Crippen LogP contribution in [0.1, 0.15) is 12.0 Å². The largest absolute Gasteiger partial charge is 0.323 e. The Balaban J connectivity index is 2.02. The average molecular weight is 387 g/mol. The number of amides is 1. The van der Waals surface area contributed by atoms with Gasteiger partial charge in [-0.25, -0.2) is 21.6 Å². The second-order valence-electron chi connectivity index (χ2n) is 5.47. The monoisotopic (exact) mass is 387 g/mol. The van der Waals surface area contributed by atoms with Crippen molar-refractivity contribution in [1.82, 2.24) is 9.29 Å². The standard InChI is InChI=1S/C16H16F3N3O3S/c1-26(24,25)22(10-11-4-7-20-8-5-11)9-6-14(23)21-13-3-2-12(17)15(18)16(13)19/h2-5,7-8H,6,9-10H2,1H3,(H,21,23). The molecular formula is C16H16F3N3O3S. The number of carbonyl (C=O) groups excluding carboxylic acids is 1. The van der Waals surface area contributed by atoms with Gasteiger partial charge < -0.3 is 5.32 Å². The number of pyridine rings is 1. The lowest BCUT2D eigenvalue weighted by atomic mass is 10.2. The van der Waals surface area contributed by atoms with Crippen LogP contribution in [0.2, 0.25) is 0 Å². The van der Waals surface area contributed by atoms with E-state index in [0.717, 1.165) is 16.6 Å². The molecule has 1 aromatic carbocycles. The Labute approximate surface area is 148 Å². The third kappa shape index (κ3) is 5.27. The van der Waals surface area contributed by atoms with Gasteiger partial charge in [-0.1, -0.05) is 0 Å². The number of benzene rings is 1. The molecule has 2 rings (SSSR count). The molecule has 0 fully saturated rings. The van der Waals surface area contributed by atoms with Gasteiger partial charge in [0, 0.05) is 31.9 Å². The van der Waals surface area contributed by atoms with Crippen LogP contribution in [0.5, 0.6) is 0 Å². The molecular weight excluding hydrogens is 371 g/mol. The van der Waals surface area contributed by atoms with Crippen LogP contribution in [0.15, 0.2) is 36.7 Å². The van der Waals surface area contributed by atoms with Crippen molar-refractivity contribution >= 4 is 21.6 Å². The van der Waals surface area contributed by atoms with E-state index >= 15 is 0 Å². The first-order valence-electron chi connectivity index (χ1n) is 7.46. The highest BCUT2D eigenvalue weighted by atomic mass is 32.2. The van der Waals surface area contributed by atoms with E-state index < -0.39 is 39.1 Å². The number of nitrogens with one attached hydrogen (secondary N) is 1. The second kappa shape index (κ2) is 8.28. The van der Waals surface area contributed by atoms with Gasteiger partial charge in [0.15, 0.2) is 17.5 Å². The Morgan fingerprint density at radius 2 is 1.77 bits per heavy atom. The van der Waals surface area contributed by atoms with Crippen LogP contribution in [0, 0.1) is 17.5 Å². The van der Waals surface area contributed by atoms with Gasteiger partial charge in [0.25, 0.3) is 0 Å². The Morgan fingerprint density at radius 3 is 2.38 bits per heavy atom. The SMILES string of the molecule is CS(=O)(=O)N(CCC(=O)Nc1ccc(F)c(F)c1F)Cc1ccncc1. The van der Waals surface area contributed by atoms with Crippen molar-refractivity contribution in [3.8, 4) is 0 Å². The van der Waals surface area contributed by atoms with Crippen molar-refractivity contribution < 1.29 is 26.4 Å². The van der Waals surface area contributed by atoms with Crippen LogP contribution < -0.4 is 5.32 Å². The zero-order valence-electron chi connectivity index (χ0n) is 13.7. The summed E-state index contributed by atoms with van der Waals surface area (Å²) >= 11 is 0. The van der Waals surface area contributed by atoms with Crippen molar-refractivity contribution in [2.45, 2.75) is 13.0 Å². The van der Waals surface area contributed by atoms with E-state index in [4.69, 9.17) is 0 Å². The molecule has 6 nitrogen and oxygen atoms in total. The van der Waals surface area contributed by atoms with Crippen molar-refractivity contribution in [2.24, 2.45) is 0 Å². The molecule has 1 amide bonds. The molecule has 2 aromatic rings. The summed E-state index contributed by atoms with van der Waals surface area (Å²) in [6, 6.07) is 4.83. The Hall–Kier alpha value is -2.46. The minimum absolute atomic E-state index is 0.0359. The molecule has 1 N–H and O–H groups in total. The number of hydrogen-bond acceptors (Lipinski definition) is 4. The molecule has 10 heteroatoms. The zero-order chi connectivity index (χ0) is 19.3. The Bertz CT molecular complexity index is 892. The van der Waals surface area contributed by atoms with Crippen LogP contribution >= 0.6 is 0 Å². The highest BCUT2D eigenvalue weighted by Gasteiger charge is 2.20. The van der Waals surface area contributed by atoms with Crippen molar-refractivity contribution in [1.29, 1.82) is 0 Å². The normalized spacial score (nSPS) is 11.6. The fourth-order valence-corrected chi connectivity index (χ4v) is 2.92. The van der Waals surface area contributed by atoms with Crippen LogP contribution in [0.3, 0.4) is 0 Å². The molecule has 0 aliphatic rings. The molecule has 0 radical (unpaired) electrons. The topological polar surface area (TPSA) is 79.4 Å². The highest BCUT2D eigenvalue weighted by Crippen LogP contribution is 2.20. The molecule has 0 atom stereocenters. The smallest absolute Gasteiger partial charge is 0.225 e. The summed E-state index contributed by atoms with van der Waals surface area (Å²) in [6.07, 6.45) is 3.72. The molecule has 0 unspecified atom stereocenters. The third-order valence-corrected chi connectivity index (χ3v) is 4.72. The lowest BCUT2D eigenvalue weighted by molar-refractivity contribution is -0.116. The molecule has 1 aromatic heterocycles. The maximum absolute atomic E-state index is 13.6. The third-order valence-electron chi connectivity index (χ3n) is 3.47. The van der Waals surface area contributed by atoms with E-state index in [-0.39, 0.29) is 19.5 Å². The summed E-state index contributed by atoms with van der Waals surface area (Å²) in [5.41, 5.74) is 0.159. The van der Waals surface area contributed by atoms with E-state index in [2.05, 4.69) is 10.3 Å². The van der Waals surface area contributed by atoms with Crippen LogP contribution in [-0.4, -0.2) is 36.4 Å². The van der Waals surface area contributed by atoms with Crippen molar-refractivity contribution in [3.63, 3.8) is 0 Å². The van der Waals surface area contributed by atoms with Gasteiger partial charge in [0.05, 0.1) is 11.9 Å².